The Hall–Kier alpha value is -0.570. The van der Waals surface area contributed by atoms with Crippen LogP contribution in [-0.2, 0) is 14.3 Å². The molecule has 0 aromatic heterocycles. The van der Waals surface area contributed by atoms with E-state index < -0.39 is 5.60 Å². The lowest BCUT2D eigenvalue weighted by molar-refractivity contribution is -0.147. The Morgan fingerprint density at radius 2 is 2.07 bits per heavy atom. The van der Waals surface area contributed by atoms with Gasteiger partial charge in [0.25, 0.3) is 0 Å². The summed E-state index contributed by atoms with van der Waals surface area (Å²) in [5, 5.41) is 0. The number of carbonyl (C=O) groups is 1. The van der Waals surface area contributed by atoms with E-state index in [1.807, 2.05) is 13.8 Å². The Labute approximate surface area is 85.8 Å². The van der Waals surface area contributed by atoms with Gasteiger partial charge in [-0.15, -0.1) is 0 Å². The first-order chi connectivity index (χ1) is 6.56. The van der Waals surface area contributed by atoms with Crippen LogP contribution in [0.2, 0.25) is 0 Å². The van der Waals surface area contributed by atoms with E-state index in [1.54, 1.807) is 0 Å². The fraction of sp³-hybridized carbons (Fsp3) is 0.909. The summed E-state index contributed by atoms with van der Waals surface area (Å²) in [4.78, 5) is 11.6. The monoisotopic (exact) mass is 200 g/mol. The van der Waals surface area contributed by atoms with Gasteiger partial charge in [-0.05, 0) is 19.8 Å². The van der Waals surface area contributed by atoms with Crippen molar-refractivity contribution in [3.8, 4) is 0 Å². The number of esters is 1. The van der Waals surface area contributed by atoms with E-state index in [9.17, 15) is 4.79 Å². The van der Waals surface area contributed by atoms with E-state index in [2.05, 4.69) is 6.92 Å². The summed E-state index contributed by atoms with van der Waals surface area (Å²) >= 11 is 0. The lowest BCUT2D eigenvalue weighted by Gasteiger charge is -2.12. The molecular formula is C11H20O3. The lowest BCUT2D eigenvalue weighted by atomic mass is 9.88. The van der Waals surface area contributed by atoms with Crippen LogP contribution in [0, 0.1) is 0 Å². The van der Waals surface area contributed by atoms with Crippen LogP contribution in [-0.4, -0.2) is 24.3 Å². The molecule has 0 bridgehead atoms. The van der Waals surface area contributed by atoms with E-state index in [0.717, 1.165) is 19.3 Å². The molecule has 1 saturated heterocycles. The molecule has 0 aromatic carbocycles. The van der Waals surface area contributed by atoms with Crippen LogP contribution < -0.4 is 0 Å². The summed E-state index contributed by atoms with van der Waals surface area (Å²) in [5.74, 6) is -0.224. The SMILES string of the molecule is CCCCC1(C)OC1(CC)C(=O)OC. The van der Waals surface area contributed by atoms with Crippen LogP contribution in [0.3, 0.4) is 0 Å². The maximum Gasteiger partial charge on any atom is 0.341 e. The van der Waals surface area contributed by atoms with E-state index in [1.165, 1.54) is 7.11 Å². The number of epoxide rings is 1. The number of hydrogen-bond donors (Lipinski definition) is 0. The van der Waals surface area contributed by atoms with Gasteiger partial charge >= 0.3 is 5.97 Å². The van der Waals surface area contributed by atoms with Crippen molar-refractivity contribution in [3.63, 3.8) is 0 Å². The Balaban J connectivity index is 2.64. The van der Waals surface area contributed by atoms with Crippen LogP contribution in [0.5, 0.6) is 0 Å². The molecule has 1 fully saturated rings. The molecule has 0 N–H and O–H groups in total. The van der Waals surface area contributed by atoms with E-state index in [4.69, 9.17) is 9.47 Å². The third kappa shape index (κ3) is 1.54. The molecule has 1 aliphatic heterocycles. The average molecular weight is 200 g/mol. The van der Waals surface area contributed by atoms with Crippen LogP contribution in [0.1, 0.15) is 46.5 Å². The van der Waals surface area contributed by atoms with Crippen molar-refractivity contribution < 1.29 is 14.3 Å². The van der Waals surface area contributed by atoms with Gasteiger partial charge in [-0.1, -0.05) is 26.7 Å². The topological polar surface area (TPSA) is 38.8 Å². The molecule has 1 aliphatic rings. The lowest BCUT2D eigenvalue weighted by Crippen LogP contribution is -2.33. The highest BCUT2D eigenvalue weighted by atomic mass is 16.7. The molecule has 1 heterocycles. The number of ether oxygens (including phenoxy) is 2. The van der Waals surface area contributed by atoms with Gasteiger partial charge in [0, 0.05) is 0 Å². The molecule has 82 valence electrons. The molecular weight excluding hydrogens is 180 g/mol. The summed E-state index contributed by atoms with van der Waals surface area (Å²) in [6.07, 6.45) is 3.85. The van der Waals surface area contributed by atoms with Gasteiger partial charge in [0.1, 0.15) is 5.60 Å². The first kappa shape index (κ1) is 11.5. The summed E-state index contributed by atoms with van der Waals surface area (Å²) < 4.78 is 10.4. The minimum Gasteiger partial charge on any atom is -0.467 e. The summed E-state index contributed by atoms with van der Waals surface area (Å²) in [7, 11) is 1.42. The van der Waals surface area contributed by atoms with Gasteiger partial charge < -0.3 is 9.47 Å². The van der Waals surface area contributed by atoms with Crippen molar-refractivity contribution in [1.82, 2.24) is 0 Å². The summed E-state index contributed by atoms with van der Waals surface area (Å²) in [6, 6.07) is 0. The molecule has 3 heteroatoms. The van der Waals surface area contributed by atoms with Gasteiger partial charge in [-0.3, -0.25) is 0 Å². The molecule has 1 rings (SSSR count). The maximum absolute atomic E-state index is 11.6. The predicted molar refractivity (Wildman–Crippen MR) is 54.1 cm³/mol. The highest BCUT2D eigenvalue weighted by molar-refractivity contribution is 5.84. The number of unbranched alkanes of at least 4 members (excludes halogenated alkanes) is 1. The van der Waals surface area contributed by atoms with Crippen molar-refractivity contribution in [3.05, 3.63) is 0 Å². The van der Waals surface area contributed by atoms with Crippen LogP contribution in [0.25, 0.3) is 0 Å². The second kappa shape index (κ2) is 3.89. The van der Waals surface area contributed by atoms with Gasteiger partial charge in [0.2, 0.25) is 0 Å². The normalized spacial score (nSPS) is 35.4. The quantitative estimate of drug-likeness (QED) is 0.505. The van der Waals surface area contributed by atoms with Crippen molar-refractivity contribution in [2.24, 2.45) is 0 Å². The largest absolute Gasteiger partial charge is 0.467 e. The Bertz CT molecular complexity index is 227. The van der Waals surface area contributed by atoms with Crippen molar-refractivity contribution >= 4 is 5.97 Å². The van der Waals surface area contributed by atoms with E-state index in [0.29, 0.717) is 6.42 Å². The first-order valence-corrected chi connectivity index (χ1v) is 5.35. The van der Waals surface area contributed by atoms with Crippen molar-refractivity contribution in [1.29, 1.82) is 0 Å². The third-order valence-corrected chi connectivity index (χ3v) is 3.23. The Kier molecular flexibility index (Phi) is 3.20. The number of carbonyl (C=O) groups excluding carboxylic acids is 1. The molecule has 0 aliphatic carbocycles. The molecule has 0 radical (unpaired) electrons. The predicted octanol–water partition coefficient (Wildman–Crippen LogP) is 2.29. The molecule has 0 aromatic rings. The number of rotatable bonds is 5. The maximum atomic E-state index is 11.6. The Morgan fingerprint density at radius 1 is 1.43 bits per heavy atom. The van der Waals surface area contributed by atoms with Crippen molar-refractivity contribution in [2.75, 3.05) is 7.11 Å². The van der Waals surface area contributed by atoms with E-state index in [-0.39, 0.29) is 11.6 Å². The van der Waals surface area contributed by atoms with Gasteiger partial charge in [-0.25, -0.2) is 4.79 Å². The highest BCUT2D eigenvalue weighted by Crippen LogP contribution is 2.53. The zero-order valence-electron chi connectivity index (χ0n) is 9.55. The molecule has 0 spiro atoms. The van der Waals surface area contributed by atoms with Crippen molar-refractivity contribution in [2.45, 2.75) is 57.7 Å². The zero-order valence-corrected chi connectivity index (χ0v) is 9.55. The smallest absolute Gasteiger partial charge is 0.341 e. The fourth-order valence-corrected chi connectivity index (χ4v) is 2.14. The third-order valence-electron chi connectivity index (χ3n) is 3.23. The first-order valence-electron chi connectivity index (χ1n) is 5.35. The Morgan fingerprint density at radius 3 is 2.50 bits per heavy atom. The fourth-order valence-electron chi connectivity index (χ4n) is 2.14. The van der Waals surface area contributed by atoms with Gasteiger partial charge in [-0.2, -0.15) is 0 Å². The minimum absolute atomic E-state index is 0.224. The molecule has 14 heavy (non-hydrogen) atoms. The summed E-state index contributed by atoms with van der Waals surface area (Å²) in [6.45, 7) is 6.11. The molecule has 3 nitrogen and oxygen atoms in total. The van der Waals surface area contributed by atoms with Crippen LogP contribution in [0.4, 0.5) is 0 Å². The second-order valence-electron chi connectivity index (χ2n) is 4.11. The molecule has 2 unspecified atom stereocenters. The standard InChI is InChI=1S/C11H20O3/c1-5-7-8-10(3)11(6-2,14-10)9(12)13-4/h5-8H2,1-4H3. The van der Waals surface area contributed by atoms with Crippen LogP contribution in [0.15, 0.2) is 0 Å². The minimum atomic E-state index is -0.656. The van der Waals surface area contributed by atoms with Gasteiger partial charge in [0.15, 0.2) is 5.60 Å². The van der Waals surface area contributed by atoms with E-state index >= 15 is 0 Å². The van der Waals surface area contributed by atoms with Crippen LogP contribution >= 0.6 is 0 Å². The zero-order chi connectivity index (χ0) is 10.8. The van der Waals surface area contributed by atoms with Gasteiger partial charge in [0.05, 0.1) is 7.11 Å². The number of hydrogen-bond acceptors (Lipinski definition) is 3. The highest BCUT2D eigenvalue weighted by Gasteiger charge is 2.70. The average Bonchev–Trinajstić information content (AvgIpc) is 2.82. The molecule has 0 amide bonds. The summed E-state index contributed by atoms with van der Waals surface area (Å²) in [5.41, 5.74) is -0.943. The molecule has 0 saturated carbocycles. The second-order valence-corrected chi connectivity index (χ2v) is 4.11. The number of methoxy groups -OCH3 is 1. The molecule has 2 atom stereocenters.